The Balaban J connectivity index is 2.36. The second-order valence-electron chi connectivity index (χ2n) is 2.24. The molecular weight excluding hydrogens is 148 g/mol. The molecule has 0 radical (unpaired) electrons. The van der Waals surface area contributed by atoms with Crippen molar-refractivity contribution in [1.29, 1.82) is 0 Å². The van der Waals surface area contributed by atoms with Gasteiger partial charge in [0.2, 0.25) is 0 Å². The van der Waals surface area contributed by atoms with Gasteiger partial charge in [-0.1, -0.05) is 0 Å². The largest absolute Gasteiger partial charge is 0.321 e. The highest BCUT2D eigenvalue weighted by atomic mass is 32.2. The lowest BCUT2D eigenvalue weighted by atomic mass is 10.3. The van der Waals surface area contributed by atoms with Crippen molar-refractivity contribution in [1.82, 2.24) is 10.9 Å². The SMILES string of the molecule is O=S1C=CC2=C1CCNN2. The van der Waals surface area contributed by atoms with E-state index < -0.39 is 10.8 Å². The fourth-order valence-corrected chi connectivity index (χ4v) is 2.16. The zero-order valence-corrected chi connectivity index (χ0v) is 6.20. The van der Waals surface area contributed by atoms with Crippen molar-refractivity contribution >= 4 is 10.8 Å². The summed E-state index contributed by atoms with van der Waals surface area (Å²) >= 11 is 0. The van der Waals surface area contributed by atoms with Crippen LogP contribution in [0.5, 0.6) is 0 Å². The maximum absolute atomic E-state index is 11.1. The van der Waals surface area contributed by atoms with Gasteiger partial charge < -0.3 is 5.43 Å². The lowest BCUT2D eigenvalue weighted by molar-refractivity contribution is 0.579. The van der Waals surface area contributed by atoms with Crippen LogP contribution in [0.2, 0.25) is 0 Å². The van der Waals surface area contributed by atoms with Crippen molar-refractivity contribution in [3.63, 3.8) is 0 Å². The van der Waals surface area contributed by atoms with E-state index in [4.69, 9.17) is 0 Å². The Hall–Kier alpha value is -0.610. The number of rotatable bonds is 0. The second-order valence-corrected chi connectivity index (χ2v) is 3.60. The van der Waals surface area contributed by atoms with Gasteiger partial charge in [0, 0.05) is 16.9 Å². The minimum absolute atomic E-state index is 0.843. The van der Waals surface area contributed by atoms with Gasteiger partial charge in [0.25, 0.3) is 0 Å². The molecule has 1 atom stereocenters. The molecule has 2 rings (SSSR count). The fraction of sp³-hybridized carbons (Fsp3) is 0.333. The van der Waals surface area contributed by atoms with Crippen LogP contribution in [0, 0.1) is 0 Å². The van der Waals surface area contributed by atoms with Crippen LogP contribution in [-0.4, -0.2) is 10.8 Å². The van der Waals surface area contributed by atoms with Gasteiger partial charge in [0.15, 0.2) is 0 Å². The van der Waals surface area contributed by atoms with E-state index in [1.165, 1.54) is 0 Å². The molecule has 2 aliphatic rings. The summed E-state index contributed by atoms with van der Waals surface area (Å²) in [6.07, 6.45) is 2.75. The van der Waals surface area contributed by atoms with Gasteiger partial charge in [-0.2, -0.15) is 0 Å². The van der Waals surface area contributed by atoms with E-state index in [0.29, 0.717) is 0 Å². The number of allylic oxidation sites excluding steroid dienone is 1. The minimum atomic E-state index is -0.843. The normalized spacial score (nSPS) is 30.2. The monoisotopic (exact) mass is 156 g/mol. The summed E-state index contributed by atoms with van der Waals surface area (Å²) in [5, 5.41) is 1.71. The summed E-state index contributed by atoms with van der Waals surface area (Å²) < 4.78 is 11.1. The highest BCUT2D eigenvalue weighted by molar-refractivity contribution is 7.92. The van der Waals surface area contributed by atoms with Crippen LogP contribution in [0.3, 0.4) is 0 Å². The summed E-state index contributed by atoms with van der Waals surface area (Å²) in [4.78, 5) is 1.03. The molecule has 54 valence electrons. The molecule has 0 aromatic carbocycles. The maximum atomic E-state index is 11.1. The molecule has 2 heterocycles. The molecule has 0 saturated heterocycles. The first kappa shape index (κ1) is 6.12. The predicted molar refractivity (Wildman–Crippen MR) is 40.1 cm³/mol. The van der Waals surface area contributed by atoms with Gasteiger partial charge in [0.05, 0.1) is 16.5 Å². The molecule has 10 heavy (non-hydrogen) atoms. The Morgan fingerprint density at radius 3 is 3.30 bits per heavy atom. The Morgan fingerprint density at radius 1 is 1.60 bits per heavy atom. The van der Waals surface area contributed by atoms with E-state index in [0.717, 1.165) is 23.6 Å². The highest BCUT2D eigenvalue weighted by Gasteiger charge is 2.18. The highest BCUT2D eigenvalue weighted by Crippen LogP contribution is 2.21. The van der Waals surface area contributed by atoms with Gasteiger partial charge in [-0.15, -0.1) is 0 Å². The smallest absolute Gasteiger partial charge is 0.0757 e. The minimum Gasteiger partial charge on any atom is -0.321 e. The van der Waals surface area contributed by atoms with Gasteiger partial charge >= 0.3 is 0 Å². The molecule has 0 saturated carbocycles. The molecule has 0 aromatic heterocycles. The molecule has 0 fully saturated rings. The number of hydrazine groups is 1. The van der Waals surface area contributed by atoms with Crippen molar-refractivity contribution in [2.75, 3.05) is 6.54 Å². The van der Waals surface area contributed by atoms with Crippen LogP contribution in [0.4, 0.5) is 0 Å². The van der Waals surface area contributed by atoms with Gasteiger partial charge in [-0.05, 0) is 12.5 Å². The van der Waals surface area contributed by atoms with Crippen LogP contribution in [0.1, 0.15) is 6.42 Å². The number of hydrogen-bond donors (Lipinski definition) is 2. The van der Waals surface area contributed by atoms with Crippen molar-refractivity contribution in [2.45, 2.75) is 6.42 Å². The molecule has 2 N–H and O–H groups in total. The Labute approximate surface area is 61.6 Å². The average Bonchev–Trinajstić information content (AvgIpc) is 2.34. The molecule has 0 spiro atoms. The molecular formula is C6H8N2OS. The van der Waals surface area contributed by atoms with Crippen LogP contribution in [-0.2, 0) is 10.8 Å². The third kappa shape index (κ3) is 0.803. The lowest BCUT2D eigenvalue weighted by Crippen LogP contribution is -2.35. The van der Waals surface area contributed by atoms with Crippen molar-refractivity contribution < 1.29 is 4.21 Å². The third-order valence-corrected chi connectivity index (χ3v) is 2.89. The summed E-state index contributed by atoms with van der Waals surface area (Å²) in [5.74, 6) is 0. The van der Waals surface area contributed by atoms with Gasteiger partial charge in [0.1, 0.15) is 0 Å². The number of hydrogen-bond acceptors (Lipinski definition) is 3. The molecule has 1 unspecified atom stereocenters. The first-order chi connectivity index (χ1) is 4.88. The van der Waals surface area contributed by atoms with Crippen molar-refractivity contribution in [2.24, 2.45) is 0 Å². The van der Waals surface area contributed by atoms with E-state index in [9.17, 15) is 4.21 Å². The standard InChI is InChI=1S/C6H8N2OS/c9-10-4-2-5-6(10)1-3-7-8-5/h2,4,7-8H,1,3H2. The van der Waals surface area contributed by atoms with Crippen LogP contribution in [0.25, 0.3) is 0 Å². The molecule has 0 bridgehead atoms. The fourth-order valence-electron chi connectivity index (χ4n) is 1.09. The second kappa shape index (κ2) is 2.21. The third-order valence-electron chi connectivity index (χ3n) is 1.60. The molecule has 4 heteroatoms. The summed E-state index contributed by atoms with van der Waals surface area (Å²) in [5.41, 5.74) is 6.93. The van der Waals surface area contributed by atoms with Crippen molar-refractivity contribution in [3.8, 4) is 0 Å². The average molecular weight is 156 g/mol. The Bertz CT molecular complexity index is 236. The summed E-state index contributed by atoms with van der Waals surface area (Å²) in [6, 6.07) is 0. The maximum Gasteiger partial charge on any atom is 0.0757 e. The van der Waals surface area contributed by atoms with E-state index in [-0.39, 0.29) is 0 Å². The van der Waals surface area contributed by atoms with E-state index >= 15 is 0 Å². The topological polar surface area (TPSA) is 41.1 Å². The van der Waals surface area contributed by atoms with E-state index in [1.54, 1.807) is 5.41 Å². The van der Waals surface area contributed by atoms with E-state index in [1.807, 2.05) is 6.08 Å². The zero-order valence-electron chi connectivity index (χ0n) is 5.39. The molecule has 0 amide bonds. The molecule has 2 aliphatic heterocycles. The summed E-state index contributed by atoms with van der Waals surface area (Å²) in [7, 11) is -0.843. The molecule has 3 nitrogen and oxygen atoms in total. The molecule has 0 aliphatic carbocycles. The Morgan fingerprint density at radius 2 is 2.50 bits per heavy atom. The summed E-state index contributed by atoms with van der Waals surface area (Å²) in [6.45, 7) is 0.867. The van der Waals surface area contributed by atoms with E-state index in [2.05, 4.69) is 10.9 Å². The van der Waals surface area contributed by atoms with Crippen LogP contribution in [0.15, 0.2) is 22.1 Å². The number of nitrogens with one attached hydrogen (secondary N) is 2. The van der Waals surface area contributed by atoms with Crippen LogP contribution < -0.4 is 10.9 Å². The predicted octanol–water partition coefficient (Wildman–Crippen LogP) is -0.0281. The molecule has 0 aromatic rings. The van der Waals surface area contributed by atoms with Gasteiger partial charge in [-0.3, -0.25) is 0 Å². The Kier molecular flexibility index (Phi) is 1.35. The van der Waals surface area contributed by atoms with Crippen LogP contribution >= 0.6 is 0 Å². The van der Waals surface area contributed by atoms with Gasteiger partial charge in [-0.25, -0.2) is 9.63 Å². The zero-order chi connectivity index (χ0) is 6.97. The first-order valence-corrected chi connectivity index (χ1v) is 4.40. The lowest BCUT2D eigenvalue weighted by Gasteiger charge is -2.15. The quantitative estimate of drug-likeness (QED) is 0.517. The first-order valence-electron chi connectivity index (χ1n) is 3.19. The van der Waals surface area contributed by atoms with Crippen molar-refractivity contribution in [3.05, 3.63) is 22.1 Å².